The number of nitrogens with one attached hydrogen (secondary N) is 1. The summed E-state index contributed by atoms with van der Waals surface area (Å²) in [6.07, 6.45) is 0. The summed E-state index contributed by atoms with van der Waals surface area (Å²) in [4.78, 5) is 0.417. The normalized spacial score (nSPS) is 10.7. The predicted octanol–water partition coefficient (Wildman–Crippen LogP) is 2.55. The molecule has 3 N–H and O–H groups in total. The van der Waals surface area contributed by atoms with Crippen LogP contribution in [0.1, 0.15) is 5.56 Å². The highest BCUT2D eigenvalue weighted by molar-refractivity contribution is 7.80. The summed E-state index contributed by atoms with van der Waals surface area (Å²) in [6, 6.07) is 12.0. The third-order valence-corrected chi connectivity index (χ3v) is 3.40. The maximum atomic E-state index is 5.78. The second-order valence-electron chi connectivity index (χ2n) is 4.60. The van der Waals surface area contributed by atoms with Crippen molar-refractivity contribution in [2.45, 2.75) is 0 Å². The number of anilines is 1. The van der Waals surface area contributed by atoms with E-state index in [1.807, 2.05) is 30.3 Å². The van der Waals surface area contributed by atoms with Crippen molar-refractivity contribution in [3.05, 3.63) is 42.0 Å². The maximum Gasteiger partial charge on any atom is 0.104 e. The van der Waals surface area contributed by atoms with Gasteiger partial charge in [-0.1, -0.05) is 36.5 Å². The van der Waals surface area contributed by atoms with Crippen LogP contribution in [0.25, 0.3) is 10.8 Å². The van der Waals surface area contributed by atoms with Gasteiger partial charge in [-0.2, -0.15) is 0 Å². The summed E-state index contributed by atoms with van der Waals surface area (Å²) in [5.74, 6) is 0. The van der Waals surface area contributed by atoms with E-state index in [1.165, 1.54) is 0 Å². The van der Waals surface area contributed by atoms with E-state index in [1.54, 1.807) is 7.11 Å². The number of rotatable bonds is 8. The smallest absolute Gasteiger partial charge is 0.104 e. The van der Waals surface area contributed by atoms with Gasteiger partial charge in [0.15, 0.2) is 0 Å². The molecule has 112 valence electrons. The van der Waals surface area contributed by atoms with Gasteiger partial charge in [0.05, 0.1) is 19.8 Å². The van der Waals surface area contributed by atoms with Gasteiger partial charge >= 0.3 is 0 Å². The number of nitrogens with two attached hydrogens (primary N) is 1. The van der Waals surface area contributed by atoms with Crippen LogP contribution in [0.5, 0.6) is 0 Å². The van der Waals surface area contributed by atoms with Crippen molar-refractivity contribution >= 4 is 33.7 Å². The largest absolute Gasteiger partial charge is 0.389 e. The van der Waals surface area contributed by atoms with Crippen LogP contribution >= 0.6 is 12.2 Å². The van der Waals surface area contributed by atoms with Gasteiger partial charge in [0.2, 0.25) is 0 Å². The molecule has 0 heterocycles. The predicted molar refractivity (Wildman–Crippen MR) is 91.0 cm³/mol. The van der Waals surface area contributed by atoms with Gasteiger partial charge in [-0.15, -0.1) is 0 Å². The highest BCUT2D eigenvalue weighted by Crippen LogP contribution is 2.26. The Hall–Kier alpha value is -1.69. The van der Waals surface area contributed by atoms with Crippen molar-refractivity contribution in [1.29, 1.82) is 0 Å². The van der Waals surface area contributed by atoms with Crippen LogP contribution in [-0.4, -0.2) is 38.5 Å². The number of thiocarbonyl (C=S) groups is 1. The van der Waals surface area contributed by atoms with Crippen molar-refractivity contribution in [3.8, 4) is 0 Å². The molecule has 2 aromatic rings. The molecule has 2 rings (SSSR count). The van der Waals surface area contributed by atoms with Crippen molar-refractivity contribution in [1.82, 2.24) is 0 Å². The third kappa shape index (κ3) is 4.14. The molecule has 2 aromatic carbocycles. The Morgan fingerprint density at radius 1 is 1.10 bits per heavy atom. The molecule has 5 heteroatoms. The topological polar surface area (TPSA) is 56.5 Å². The molecular weight excluding hydrogens is 284 g/mol. The van der Waals surface area contributed by atoms with Crippen molar-refractivity contribution in [3.63, 3.8) is 0 Å². The summed E-state index contributed by atoms with van der Waals surface area (Å²) in [6.45, 7) is 2.60. The van der Waals surface area contributed by atoms with Crippen LogP contribution in [0.2, 0.25) is 0 Å². The second-order valence-corrected chi connectivity index (χ2v) is 5.04. The molecular formula is C16H20N2O2S. The van der Waals surface area contributed by atoms with E-state index in [0.717, 1.165) is 28.6 Å². The Bertz CT molecular complexity index is 616. The van der Waals surface area contributed by atoms with E-state index in [4.69, 9.17) is 27.4 Å². The van der Waals surface area contributed by atoms with Crippen LogP contribution in [0.4, 0.5) is 5.69 Å². The van der Waals surface area contributed by atoms with Gasteiger partial charge in [-0.05, 0) is 17.5 Å². The quantitative estimate of drug-likeness (QED) is 0.580. The van der Waals surface area contributed by atoms with E-state index in [-0.39, 0.29) is 0 Å². The number of hydrogen-bond donors (Lipinski definition) is 2. The van der Waals surface area contributed by atoms with Crippen LogP contribution in [0.15, 0.2) is 36.4 Å². The standard InChI is InChI=1S/C16H20N2O2S/c1-19-10-11-20-9-8-18-15-7-6-14(16(17)21)12-4-2-3-5-13(12)15/h2-7,18H,8-11H2,1H3,(H2,17,21). The Morgan fingerprint density at radius 2 is 1.86 bits per heavy atom. The lowest BCUT2D eigenvalue weighted by Gasteiger charge is -2.12. The summed E-state index contributed by atoms with van der Waals surface area (Å²) >= 11 is 5.11. The zero-order valence-electron chi connectivity index (χ0n) is 12.1. The molecule has 0 bridgehead atoms. The molecule has 21 heavy (non-hydrogen) atoms. The van der Waals surface area contributed by atoms with Crippen molar-refractivity contribution < 1.29 is 9.47 Å². The van der Waals surface area contributed by atoms with Crippen molar-refractivity contribution in [2.24, 2.45) is 5.73 Å². The van der Waals surface area contributed by atoms with E-state index in [0.29, 0.717) is 24.8 Å². The lowest BCUT2D eigenvalue weighted by molar-refractivity contribution is 0.0759. The van der Waals surface area contributed by atoms with E-state index in [9.17, 15) is 0 Å². The molecule has 0 radical (unpaired) electrons. The zero-order valence-corrected chi connectivity index (χ0v) is 12.9. The Morgan fingerprint density at radius 3 is 2.57 bits per heavy atom. The number of methoxy groups -OCH3 is 1. The second kappa shape index (κ2) is 7.93. The summed E-state index contributed by atoms with van der Waals surface area (Å²) in [5.41, 5.74) is 7.74. The van der Waals surface area contributed by atoms with Gasteiger partial charge in [0.1, 0.15) is 4.99 Å². The molecule has 0 unspecified atom stereocenters. The Balaban J connectivity index is 2.07. The average molecular weight is 304 g/mol. The maximum absolute atomic E-state index is 5.78. The first-order valence-electron chi connectivity index (χ1n) is 6.86. The fourth-order valence-corrected chi connectivity index (χ4v) is 2.35. The highest BCUT2D eigenvalue weighted by Gasteiger charge is 2.06. The minimum atomic E-state index is 0.417. The number of benzene rings is 2. The molecule has 0 saturated carbocycles. The number of fused-ring (bicyclic) bond motifs is 1. The van der Waals surface area contributed by atoms with E-state index >= 15 is 0 Å². The minimum absolute atomic E-state index is 0.417. The monoisotopic (exact) mass is 304 g/mol. The van der Waals surface area contributed by atoms with Crippen molar-refractivity contribution in [2.75, 3.05) is 38.8 Å². The molecule has 0 spiro atoms. The van der Waals surface area contributed by atoms with E-state index in [2.05, 4.69) is 11.4 Å². The van der Waals surface area contributed by atoms with Crippen LogP contribution in [0.3, 0.4) is 0 Å². The molecule has 0 fully saturated rings. The summed E-state index contributed by atoms with van der Waals surface area (Å²) in [5, 5.41) is 5.56. The molecule has 0 atom stereocenters. The molecule has 4 nitrogen and oxygen atoms in total. The van der Waals surface area contributed by atoms with Crippen LogP contribution in [0, 0.1) is 0 Å². The van der Waals surface area contributed by atoms with Crippen LogP contribution < -0.4 is 11.1 Å². The molecule has 0 aromatic heterocycles. The fourth-order valence-electron chi connectivity index (χ4n) is 2.17. The SMILES string of the molecule is COCCOCCNc1ccc(C(N)=S)c2ccccc12. The lowest BCUT2D eigenvalue weighted by Crippen LogP contribution is -2.13. The zero-order chi connectivity index (χ0) is 15.1. The van der Waals surface area contributed by atoms with Gasteiger partial charge in [-0.3, -0.25) is 0 Å². The Kier molecular flexibility index (Phi) is 5.92. The van der Waals surface area contributed by atoms with Gasteiger partial charge < -0.3 is 20.5 Å². The van der Waals surface area contributed by atoms with E-state index < -0.39 is 0 Å². The molecule has 0 aliphatic rings. The lowest BCUT2D eigenvalue weighted by atomic mass is 10.0. The first-order chi connectivity index (χ1) is 10.2. The molecule has 0 saturated heterocycles. The summed E-state index contributed by atoms with van der Waals surface area (Å²) in [7, 11) is 1.66. The molecule has 0 amide bonds. The first-order valence-corrected chi connectivity index (χ1v) is 7.27. The Labute approximate surface area is 130 Å². The average Bonchev–Trinajstić information content (AvgIpc) is 2.50. The van der Waals surface area contributed by atoms with Gasteiger partial charge in [-0.25, -0.2) is 0 Å². The molecule has 0 aliphatic heterocycles. The highest BCUT2D eigenvalue weighted by atomic mass is 32.1. The summed E-state index contributed by atoms with van der Waals surface area (Å²) < 4.78 is 10.4. The number of hydrogen-bond acceptors (Lipinski definition) is 4. The fraction of sp³-hybridized carbons (Fsp3) is 0.312. The third-order valence-electron chi connectivity index (χ3n) is 3.18. The number of ether oxygens (including phenoxy) is 2. The minimum Gasteiger partial charge on any atom is -0.389 e. The molecule has 0 aliphatic carbocycles. The van der Waals surface area contributed by atoms with Gasteiger partial charge in [0, 0.05) is 30.3 Å². The first kappa shape index (κ1) is 15.7. The van der Waals surface area contributed by atoms with Crippen LogP contribution in [-0.2, 0) is 9.47 Å². The van der Waals surface area contributed by atoms with Gasteiger partial charge in [0.25, 0.3) is 0 Å².